The molecule has 114 valence electrons. The average molecular weight is 289 g/mol. The summed E-state index contributed by atoms with van der Waals surface area (Å²) in [5.41, 5.74) is 7.92. The van der Waals surface area contributed by atoms with Crippen molar-refractivity contribution in [2.75, 3.05) is 18.0 Å². The number of piperidine rings is 1. The molecule has 0 atom stereocenters. The summed E-state index contributed by atoms with van der Waals surface area (Å²) in [4.78, 5) is 18.8. The molecule has 2 N–H and O–H groups in total. The van der Waals surface area contributed by atoms with Crippen LogP contribution in [-0.2, 0) is 17.8 Å². The van der Waals surface area contributed by atoms with Gasteiger partial charge in [0.05, 0.1) is 23.5 Å². The van der Waals surface area contributed by atoms with Crippen LogP contribution in [0, 0.1) is 0 Å². The van der Waals surface area contributed by atoms with Crippen molar-refractivity contribution in [3.8, 4) is 0 Å². The molecule has 0 aromatic carbocycles. The lowest BCUT2D eigenvalue weighted by Gasteiger charge is -2.34. The van der Waals surface area contributed by atoms with Crippen LogP contribution in [0.1, 0.15) is 54.7 Å². The first-order valence-electron chi connectivity index (χ1n) is 7.68. The summed E-state index contributed by atoms with van der Waals surface area (Å²) >= 11 is 0. The highest BCUT2D eigenvalue weighted by molar-refractivity contribution is 5.98. The number of fused-ring (bicyclic) bond motifs is 1. The molecule has 0 unspecified atom stereocenters. The number of nitrogens with two attached hydrogens (primary N) is 1. The van der Waals surface area contributed by atoms with Crippen LogP contribution in [0.25, 0.3) is 0 Å². The van der Waals surface area contributed by atoms with Gasteiger partial charge in [0.15, 0.2) is 0 Å². The molecule has 0 radical (unpaired) electrons. The van der Waals surface area contributed by atoms with E-state index in [2.05, 4.69) is 18.7 Å². The van der Waals surface area contributed by atoms with Crippen molar-refractivity contribution < 1.29 is 9.53 Å². The molecule has 3 rings (SSSR count). The van der Waals surface area contributed by atoms with Gasteiger partial charge in [-0.25, -0.2) is 4.98 Å². The van der Waals surface area contributed by atoms with E-state index in [1.54, 1.807) is 0 Å². The smallest absolute Gasteiger partial charge is 0.252 e. The molecule has 1 fully saturated rings. The normalized spacial score (nSPS) is 21.0. The van der Waals surface area contributed by atoms with Crippen molar-refractivity contribution in [3.05, 3.63) is 22.9 Å². The van der Waals surface area contributed by atoms with E-state index >= 15 is 0 Å². The van der Waals surface area contributed by atoms with E-state index in [0.29, 0.717) is 12.2 Å². The number of aromatic nitrogens is 1. The second kappa shape index (κ2) is 5.30. The largest absolute Gasteiger partial charge is 0.370 e. The third-order valence-corrected chi connectivity index (χ3v) is 4.30. The zero-order valence-corrected chi connectivity index (χ0v) is 12.8. The third kappa shape index (κ3) is 2.88. The van der Waals surface area contributed by atoms with Crippen LogP contribution >= 0.6 is 0 Å². The zero-order chi connectivity index (χ0) is 15.0. The number of anilines is 1. The Labute approximate surface area is 125 Å². The van der Waals surface area contributed by atoms with E-state index in [1.807, 2.05) is 6.07 Å². The van der Waals surface area contributed by atoms with Crippen molar-refractivity contribution in [2.45, 2.75) is 51.7 Å². The van der Waals surface area contributed by atoms with Crippen LogP contribution in [-0.4, -0.2) is 29.6 Å². The SMILES string of the molecule is CC1(C)Cc2nc(N3CCCCC3)c(C(N)=O)cc2CO1. The average Bonchev–Trinajstić information content (AvgIpc) is 2.45. The molecule has 5 heteroatoms. The minimum atomic E-state index is -0.407. The molecule has 0 spiro atoms. The number of nitrogens with zero attached hydrogens (tertiary/aromatic N) is 2. The standard InChI is InChI=1S/C16H23N3O2/c1-16(2)9-13-11(10-21-16)8-12(14(17)20)15(18-13)19-6-4-3-5-7-19/h8H,3-7,9-10H2,1-2H3,(H2,17,20). The summed E-state index contributed by atoms with van der Waals surface area (Å²) in [6.45, 7) is 6.54. The lowest BCUT2D eigenvalue weighted by atomic mass is 9.94. The molecule has 1 saturated heterocycles. The van der Waals surface area contributed by atoms with E-state index < -0.39 is 5.91 Å². The van der Waals surface area contributed by atoms with E-state index in [0.717, 1.165) is 49.4 Å². The summed E-state index contributed by atoms with van der Waals surface area (Å²) < 4.78 is 5.81. The van der Waals surface area contributed by atoms with Gasteiger partial charge in [0, 0.05) is 25.1 Å². The minimum Gasteiger partial charge on any atom is -0.370 e. The van der Waals surface area contributed by atoms with Gasteiger partial charge in [-0.15, -0.1) is 0 Å². The van der Waals surface area contributed by atoms with Crippen molar-refractivity contribution >= 4 is 11.7 Å². The summed E-state index contributed by atoms with van der Waals surface area (Å²) in [6, 6.07) is 1.88. The quantitative estimate of drug-likeness (QED) is 0.904. The molecule has 2 aliphatic heterocycles. The number of carbonyl (C=O) groups is 1. The lowest BCUT2D eigenvalue weighted by Crippen LogP contribution is -2.36. The molecule has 1 amide bonds. The molecule has 0 aliphatic carbocycles. The summed E-state index contributed by atoms with van der Waals surface area (Å²) in [5, 5.41) is 0. The van der Waals surface area contributed by atoms with Crippen molar-refractivity contribution in [1.29, 1.82) is 0 Å². The van der Waals surface area contributed by atoms with Gasteiger partial charge in [0.1, 0.15) is 5.82 Å². The van der Waals surface area contributed by atoms with Crippen molar-refractivity contribution in [2.24, 2.45) is 5.73 Å². The maximum absolute atomic E-state index is 11.8. The highest BCUT2D eigenvalue weighted by atomic mass is 16.5. The van der Waals surface area contributed by atoms with Crippen molar-refractivity contribution in [1.82, 2.24) is 4.98 Å². The third-order valence-electron chi connectivity index (χ3n) is 4.30. The van der Waals surface area contributed by atoms with Crippen LogP contribution in [0.3, 0.4) is 0 Å². The van der Waals surface area contributed by atoms with Gasteiger partial charge in [-0.3, -0.25) is 4.79 Å². The Bertz CT molecular complexity index is 563. The Morgan fingerprint density at radius 2 is 2.05 bits per heavy atom. The molecular weight excluding hydrogens is 266 g/mol. The number of rotatable bonds is 2. The Kier molecular flexibility index (Phi) is 3.61. The molecule has 1 aromatic heterocycles. The van der Waals surface area contributed by atoms with Gasteiger partial charge in [-0.2, -0.15) is 0 Å². The Balaban J connectivity index is 2.02. The molecule has 1 aromatic rings. The monoisotopic (exact) mass is 289 g/mol. The first kappa shape index (κ1) is 14.3. The van der Waals surface area contributed by atoms with Crippen LogP contribution in [0.2, 0.25) is 0 Å². The summed E-state index contributed by atoms with van der Waals surface area (Å²) in [7, 11) is 0. The molecule has 2 aliphatic rings. The molecule has 0 bridgehead atoms. The predicted molar refractivity (Wildman–Crippen MR) is 81.4 cm³/mol. The van der Waals surface area contributed by atoms with Gasteiger partial charge in [0.25, 0.3) is 5.91 Å². The fourth-order valence-electron chi connectivity index (χ4n) is 3.12. The van der Waals surface area contributed by atoms with E-state index in [-0.39, 0.29) is 5.60 Å². The Morgan fingerprint density at radius 1 is 1.33 bits per heavy atom. The molecule has 3 heterocycles. The second-order valence-corrected chi connectivity index (χ2v) is 6.60. The Hall–Kier alpha value is -1.62. The molecule has 21 heavy (non-hydrogen) atoms. The van der Waals surface area contributed by atoms with Gasteiger partial charge >= 0.3 is 0 Å². The molecule has 5 nitrogen and oxygen atoms in total. The Morgan fingerprint density at radius 3 is 2.71 bits per heavy atom. The van der Waals surface area contributed by atoms with Gasteiger partial charge in [0.2, 0.25) is 0 Å². The van der Waals surface area contributed by atoms with Crippen LogP contribution in [0.5, 0.6) is 0 Å². The fraction of sp³-hybridized carbons (Fsp3) is 0.625. The highest BCUT2D eigenvalue weighted by Gasteiger charge is 2.30. The first-order valence-corrected chi connectivity index (χ1v) is 7.68. The van der Waals surface area contributed by atoms with Crippen LogP contribution in [0.15, 0.2) is 6.07 Å². The number of primary amides is 1. The van der Waals surface area contributed by atoms with Gasteiger partial charge < -0.3 is 15.4 Å². The fourth-order valence-corrected chi connectivity index (χ4v) is 3.12. The first-order chi connectivity index (χ1) is 9.96. The number of ether oxygens (including phenoxy) is 1. The maximum Gasteiger partial charge on any atom is 0.252 e. The van der Waals surface area contributed by atoms with E-state index in [4.69, 9.17) is 15.5 Å². The minimum absolute atomic E-state index is 0.201. The molecular formula is C16H23N3O2. The number of pyridine rings is 1. The predicted octanol–water partition coefficient (Wildman–Crippen LogP) is 2.02. The number of amides is 1. The van der Waals surface area contributed by atoms with Crippen LogP contribution < -0.4 is 10.6 Å². The number of carbonyl (C=O) groups excluding carboxylic acids is 1. The zero-order valence-electron chi connectivity index (χ0n) is 12.8. The summed E-state index contributed by atoms with van der Waals surface area (Å²) in [6.07, 6.45) is 4.30. The number of hydrogen-bond donors (Lipinski definition) is 1. The van der Waals surface area contributed by atoms with Gasteiger partial charge in [-0.05, 0) is 39.2 Å². The van der Waals surface area contributed by atoms with Crippen LogP contribution in [0.4, 0.5) is 5.82 Å². The lowest BCUT2D eigenvalue weighted by molar-refractivity contribution is -0.0412. The second-order valence-electron chi connectivity index (χ2n) is 6.60. The summed E-state index contributed by atoms with van der Waals surface area (Å²) in [5.74, 6) is 0.356. The van der Waals surface area contributed by atoms with Crippen molar-refractivity contribution in [3.63, 3.8) is 0 Å². The van der Waals surface area contributed by atoms with Gasteiger partial charge in [-0.1, -0.05) is 0 Å². The van der Waals surface area contributed by atoms with E-state index in [1.165, 1.54) is 6.42 Å². The number of hydrogen-bond acceptors (Lipinski definition) is 4. The topological polar surface area (TPSA) is 68.5 Å². The van der Waals surface area contributed by atoms with E-state index in [9.17, 15) is 4.79 Å². The maximum atomic E-state index is 11.8. The highest BCUT2D eigenvalue weighted by Crippen LogP contribution is 2.31. The molecule has 0 saturated carbocycles.